The predicted molar refractivity (Wildman–Crippen MR) is 95.9 cm³/mol. The van der Waals surface area contributed by atoms with Gasteiger partial charge in [-0.25, -0.2) is 0 Å². The van der Waals surface area contributed by atoms with E-state index in [2.05, 4.69) is 18.7 Å². The summed E-state index contributed by atoms with van der Waals surface area (Å²) in [6.07, 6.45) is 0. The third kappa shape index (κ3) is 4.80. The number of ether oxygens (including phenoxy) is 2. The van der Waals surface area contributed by atoms with E-state index in [9.17, 15) is 4.79 Å². The Labute approximate surface area is 141 Å². The standard InChI is InChI=1S/C17H26N2O3S/c1-4-18(5-2)9-11-21-12-10-19-17(20)15-8-7-14(22-6-3)13-16(15)23-19/h7-8,13H,4-6,9-12H2,1-3H3. The number of hydrogen-bond acceptors (Lipinski definition) is 5. The van der Waals surface area contributed by atoms with Crippen molar-refractivity contribution >= 4 is 21.6 Å². The van der Waals surface area contributed by atoms with Gasteiger partial charge >= 0.3 is 0 Å². The highest BCUT2D eigenvalue weighted by Gasteiger charge is 2.08. The highest BCUT2D eigenvalue weighted by Crippen LogP contribution is 2.22. The topological polar surface area (TPSA) is 43.7 Å². The number of aromatic nitrogens is 1. The third-order valence-electron chi connectivity index (χ3n) is 3.81. The predicted octanol–water partition coefficient (Wildman–Crippen LogP) is 2.82. The summed E-state index contributed by atoms with van der Waals surface area (Å²) in [5.41, 5.74) is 0.0559. The Bertz CT molecular complexity index is 661. The van der Waals surface area contributed by atoms with Crippen LogP contribution in [0.5, 0.6) is 5.75 Å². The average Bonchev–Trinajstić information content (AvgIpc) is 2.87. The summed E-state index contributed by atoms with van der Waals surface area (Å²) in [6.45, 7) is 11.8. The van der Waals surface area contributed by atoms with E-state index in [1.165, 1.54) is 11.5 Å². The lowest BCUT2D eigenvalue weighted by atomic mass is 10.2. The molecule has 0 aliphatic carbocycles. The maximum Gasteiger partial charge on any atom is 0.268 e. The van der Waals surface area contributed by atoms with Gasteiger partial charge < -0.3 is 14.4 Å². The van der Waals surface area contributed by atoms with Crippen LogP contribution in [0.2, 0.25) is 0 Å². The second kappa shape index (κ2) is 9.05. The van der Waals surface area contributed by atoms with Crippen molar-refractivity contribution in [3.8, 4) is 5.75 Å². The van der Waals surface area contributed by atoms with Crippen molar-refractivity contribution in [2.24, 2.45) is 0 Å². The molecule has 0 bridgehead atoms. The van der Waals surface area contributed by atoms with Crippen LogP contribution in [0.3, 0.4) is 0 Å². The summed E-state index contributed by atoms with van der Waals surface area (Å²) >= 11 is 1.47. The Morgan fingerprint density at radius 3 is 2.65 bits per heavy atom. The van der Waals surface area contributed by atoms with E-state index >= 15 is 0 Å². The Kier molecular flexibility index (Phi) is 7.08. The molecule has 1 heterocycles. The molecule has 0 saturated carbocycles. The van der Waals surface area contributed by atoms with Gasteiger partial charge in [0.1, 0.15) is 5.75 Å². The summed E-state index contributed by atoms with van der Waals surface area (Å²) in [4.78, 5) is 14.7. The molecule has 0 fully saturated rings. The van der Waals surface area contributed by atoms with Crippen molar-refractivity contribution in [2.75, 3.05) is 39.5 Å². The van der Waals surface area contributed by atoms with Crippen LogP contribution in [0.25, 0.3) is 10.1 Å². The molecular formula is C17H26N2O3S. The molecule has 0 aliphatic heterocycles. The highest BCUT2D eigenvalue weighted by molar-refractivity contribution is 7.13. The third-order valence-corrected chi connectivity index (χ3v) is 4.92. The molecule has 2 aromatic rings. The maximum atomic E-state index is 12.3. The molecule has 0 unspecified atom stereocenters. The Morgan fingerprint density at radius 2 is 1.96 bits per heavy atom. The van der Waals surface area contributed by atoms with Crippen LogP contribution in [0.15, 0.2) is 23.0 Å². The average molecular weight is 338 g/mol. The minimum absolute atomic E-state index is 0.0559. The molecule has 0 atom stereocenters. The van der Waals surface area contributed by atoms with Gasteiger partial charge in [0.25, 0.3) is 5.56 Å². The largest absolute Gasteiger partial charge is 0.494 e. The van der Waals surface area contributed by atoms with E-state index in [0.717, 1.165) is 35.5 Å². The highest BCUT2D eigenvalue weighted by atomic mass is 32.1. The molecule has 0 aliphatic rings. The van der Waals surface area contributed by atoms with Gasteiger partial charge in [-0.1, -0.05) is 25.4 Å². The zero-order valence-electron chi connectivity index (χ0n) is 14.2. The van der Waals surface area contributed by atoms with Gasteiger partial charge in [0.05, 0.1) is 36.5 Å². The monoisotopic (exact) mass is 338 g/mol. The molecule has 1 aromatic heterocycles. The van der Waals surface area contributed by atoms with Crippen molar-refractivity contribution in [2.45, 2.75) is 27.3 Å². The zero-order chi connectivity index (χ0) is 16.7. The van der Waals surface area contributed by atoms with Crippen LogP contribution in [-0.4, -0.2) is 48.3 Å². The molecule has 0 saturated heterocycles. The first kappa shape index (κ1) is 18.0. The lowest BCUT2D eigenvalue weighted by Gasteiger charge is -2.17. The second-order valence-electron chi connectivity index (χ2n) is 5.23. The second-order valence-corrected chi connectivity index (χ2v) is 6.29. The number of benzene rings is 1. The molecule has 1 aromatic carbocycles. The number of rotatable bonds is 10. The van der Waals surface area contributed by atoms with Gasteiger partial charge in [0.15, 0.2) is 0 Å². The number of nitrogens with zero attached hydrogens (tertiary/aromatic N) is 2. The van der Waals surface area contributed by atoms with E-state index in [0.29, 0.717) is 26.4 Å². The number of fused-ring (bicyclic) bond motifs is 1. The van der Waals surface area contributed by atoms with Gasteiger partial charge in [-0.15, -0.1) is 0 Å². The number of likely N-dealkylation sites (N-methyl/N-ethyl adjacent to an activating group) is 1. The van der Waals surface area contributed by atoms with Crippen molar-refractivity contribution < 1.29 is 9.47 Å². The summed E-state index contributed by atoms with van der Waals surface area (Å²) in [6, 6.07) is 5.63. The van der Waals surface area contributed by atoms with Crippen LogP contribution < -0.4 is 10.3 Å². The SMILES string of the molecule is CCOc1ccc2c(=O)n(CCOCCN(CC)CC)sc2c1. The Morgan fingerprint density at radius 1 is 1.17 bits per heavy atom. The molecule has 0 amide bonds. The molecule has 128 valence electrons. The number of hydrogen-bond donors (Lipinski definition) is 0. The van der Waals surface area contributed by atoms with Crippen molar-refractivity contribution in [1.29, 1.82) is 0 Å². The van der Waals surface area contributed by atoms with E-state index in [1.54, 1.807) is 3.96 Å². The summed E-state index contributed by atoms with van der Waals surface area (Å²) in [7, 11) is 0. The van der Waals surface area contributed by atoms with Crippen molar-refractivity contribution in [3.63, 3.8) is 0 Å². The lowest BCUT2D eigenvalue weighted by molar-refractivity contribution is 0.102. The molecule has 23 heavy (non-hydrogen) atoms. The molecule has 2 rings (SSSR count). The van der Waals surface area contributed by atoms with E-state index < -0.39 is 0 Å². The first-order chi connectivity index (χ1) is 11.2. The first-order valence-corrected chi connectivity index (χ1v) is 9.03. The molecule has 0 spiro atoms. The van der Waals surface area contributed by atoms with Crippen LogP contribution >= 0.6 is 11.5 Å². The Hall–Kier alpha value is -1.37. The summed E-state index contributed by atoms with van der Waals surface area (Å²) in [5.74, 6) is 0.809. The maximum absolute atomic E-state index is 12.3. The quantitative estimate of drug-likeness (QED) is 0.625. The molecule has 5 nitrogen and oxygen atoms in total. The molecule has 6 heteroatoms. The summed E-state index contributed by atoms with van der Waals surface area (Å²) in [5, 5.41) is 0.751. The van der Waals surface area contributed by atoms with Gasteiger partial charge in [0.2, 0.25) is 0 Å². The molecule has 0 radical (unpaired) electrons. The van der Waals surface area contributed by atoms with Crippen LogP contribution in [0.1, 0.15) is 20.8 Å². The smallest absolute Gasteiger partial charge is 0.268 e. The van der Waals surface area contributed by atoms with Crippen molar-refractivity contribution in [3.05, 3.63) is 28.6 Å². The minimum atomic E-state index is 0.0559. The lowest BCUT2D eigenvalue weighted by Crippen LogP contribution is -2.27. The van der Waals surface area contributed by atoms with Crippen LogP contribution in [0.4, 0.5) is 0 Å². The molecular weight excluding hydrogens is 312 g/mol. The van der Waals surface area contributed by atoms with Gasteiger partial charge in [-0.2, -0.15) is 0 Å². The summed E-state index contributed by atoms with van der Waals surface area (Å²) < 4.78 is 13.9. The normalized spacial score (nSPS) is 11.5. The van der Waals surface area contributed by atoms with E-state index in [1.807, 2.05) is 25.1 Å². The minimum Gasteiger partial charge on any atom is -0.494 e. The fourth-order valence-corrected chi connectivity index (χ4v) is 3.44. The van der Waals surface area contributed by atoms with Crippen molar-refractivity contribution in [1.82, 2.24) is 8.86 Å². The van der Waals surface area contributed by atoms with Gasteiger partial charge in [0, 0.05) is 6.54 Å². The van der Waals surface area contributed by atoms with E-state index in [4.69, 9.17) is 9.47 Å². The van der Waals surface area contributed by atoms with Gasteiger partial charge in [-0.3, -0.25) is 8.75 Å². The molecule has 0 N–H and O–H groups in total. The van der Waals surface area contributed by atoms with Crippen LogP contribution in [-0.2, 0) is 11.3 Å². The van der Waals surface area contributed by atoms with Gasteiger partial charge in [-0.05, 0) is 38.2 Å². The van der Waals surface area contributed by atoms with Crippen LogP contribution in [0, 0.1) is 0 Å². The van der Waals surface area contributed by atoms with E-state index in [-0.39, 0.29) is 5.56 Å². The fourth-order valence-electron chi connectivity index (χ4n) is 2.44. The fraction of sp³-hybridized carbons (Fsp3) is 0.588. The first-order valence-electron chi connectivity index (χ1n) is 8.26. The Balaban J connectivity index is 1.90. The zero-order valence-corrected chi connectivity index (χ0v) is 15.0.